The zero-order valence-corrected chi connectivity index (χ0v) is 12.7. The predicted octanol–water partition coefficient (Wildman–Crippen LogP) is 1.40. The van der Waals surface area contributed by atoms with Gasteiger partial charge in [0.05, 0.1) is 12.3 Å². The van der Waals surface area contributed by atoms with Crippen molar-refractivity contribution < 1.29 is 4.74 Å². The quantitative estimate of drug-likeness (QED) is 0.743. The van der Waals surface area contributed by atoms with Gasteiger partial charge in [-0.2, -0.15) is 0 Å². The largest absolute Gasteiger partial charge is 0.383 e. The number of hydrogen-bond donors (Lipinski definition) is 1. The molecule has 0 saturated heterocycles. The summed E-state index contributed by atoms with van der Waals surface area (Å²) in [4.78, 5) is 1.05. The van der Waals surface area contributed by atoms with Crippen LogP contribution < -0.4 is 5.32 Å². The van der Waals surface area contributed by atoms with Crippen molar-refractivity contribution in [2.45, 2.75) is 19.8 Å². The summed E-state index contributed by atoms with van der Waals surface area (Å²) in [5.74, 6) is 0. The molecular formula is C11H17N5OS2. The first-order chi connectivity index (χ1) is 9.35. The van der Waals surface area contributed by atoms with Crippen LogP contribution in [-0.4, -0.2) is 46.6 Å². The first-order valence-corrected chi connectivity index (χ1v) is 7.77. The van der Waals surface area contributed by atoms with E-state index < -0.39 is 0 Å². The van der Waals surface area contributed by atoms with Crippen molar-refractivity contribution in [3.63, 3.8) is 0 Å². The van der Waals surface area contributed by atoms with Crippen LogP contribution in [0.4, 0.5) is 0 Å². The number of nitrogens with zero attached hydrogens (tertiary/aromatic N) is 4. The first-order valence-electron chi connectivity index (χ1n) is 6.18. The second-order valence-corrected chi connectivity index (χ2v) is 5.71. The van der Waals surface area contributed by atoms with E-state index in [9.17, 15) is 0 Å². The third-order valence-electron chi connectivity index (χ3n) is 2.55. The van der Waals surface area contributed by atoms with Gasteiger partial charge in [0.2, 0.25) is 0 Å². The maximum absolute atomic E-state index is 4.97. The van der Waals surface area contributed by atoms with E-state index in [0.717, 1.165) is 53.1 Å². The fourth-order valence-corrected chi connectivity index (χ4v) is 3.21. The Bertz CT molecular complexity index is 499. The van der Waals surface area contributed by atoms with Crippen LogP contribution in [0.15, 0.2) is 0 Å². The van der Waals surface area contributed by atoms with Gasteiger partial charge in [-0.3, -0.25) is 0 Å². The Hall–Kier alpha value is -0.960. The van der Waals surface area contributed by atoms with Crippen LogP contribution in [0.2, 0.25) is 0 Å². The second kappa shape index (κ2) is 7.59. The van der Waals surface area contributed by atoms with E-state index in [1.54, 1.807) is 18.4 Å². The summed E-state index contributed by atoms with van der Waals surface area (Å²) in [7, 11) is 1.70. The fourth-order valence-electron chi connectivity index (χ4n) is 1.54. The number of ether oxygens (including phenoxy) is 1. The van der Waals surface area contributed by atoms with E-state index in [-0.39, 0.29) is 0 Å². The molecule has 6 nitrogen and oxygen atoms in total. The van der Waals surface area contributed by atoms with Gasteiger partial charge in [-0.15, -0.1) is 15.3 Å². The van der Waals surface area contributed by atoms with Crippen LogP contribution >= 0.6 is 22.9 Å². The Labute approximate surface area is 120 Å². The van der Waals surface area contributed by atoms with E-state index in [0.29, 0.717) is 0 Å². The number of rotatable bonds is 8. The van der Waals surface area contributed by atoms with Crippen LogP contribution in [0, 0.1) is 0 Å². The summed E-state index contributed by atoms with van der Waals surface area (Å²) in [5, 5.41) is 17.8. The summed E-state index contributed by atoms with van der Waals surface area (Å²) >= 11 is 3.01. The van der Waals surface area contributed by atoms with Gasteiger partial charge < -0.3 is 10.1 Å². The van der Waals surface area contributed by atoms with Gasteiger partial charge in [-0.05, 0) is 18.0 Å². The average molecular weight is 299 g/mol. The van der Waals surface area contributed by atoms with Gasteiger partial charge in [0, 0.05) is 26.6 Å². The Morgan fingerprint density at radius 3 is 2.89 bits per heavy atom. The zero-order valence-electron chi connectivity index (χ0n) is 11.0. The van der Waals surface area contributed by atoms with Crippen molar-refractivity contribution in [3.05, 3.63) is 10.7 Å². The number of aromatic nitrogens is 4. The Morgan fingerprint density at radius 2 is 2.11 bits per heavy atom. The van der Waals surface area contributed by atoms with Crippen LogP contribution in [-0.2, 0) is 17.6 Å². The van der Waals surface area contributed by atoms with Crippen molar-refractivity contribution in [1.82, 2.24) is 25.1 Å². The highest BCUT2D eigenvalue weighted by molar-refractivity contribution is 7.19. The highest BCUT2D eigenvalue weighted by Crippen LogP contribution is 2.29. The monoisotopic (exact) mass is 299 g/mol. The number of hydrogen-bond acceptors (Lipinski definition) is 8. The molecule has 0 bridgehead atoms. The molecule has 0 aliphatic heterocycles. The summed E-state index contributed by atoms with van der Waals surface area (Å²) in [5.41, 5.74) is 1.01. The zero-order chi connectivity index (χ0) is 13.5. The van der Waals surface area contributed by atoms with Gasteiger partial charge in [0.15, 0.2) is 5.01 Å². The minimum Gasteiger partial charge on any atom is -0.383 e. The summed E-state index contributed by atoms with van der Waals surface area (Å²) in [6.45, 7) is 4.55. The first kappa shape index (κ1) is 14.4. The second-order valence-electron chi connectivity index (χ2n) is 3.90. The maximum Gasteiger partial charge on any atom is 0.161 e. The molecule has 19 heavy (non-hydrogen) atoms. The van der Waals surface area contributed by atoms with Crippen molar-refractivity contribution >= 4 is 22.9 Å². The summed E-state index contributed by atoms with van der Waals surface area (Å²) < 4.78 is 8.95. The van der Waals surface area contributed by atoms with E-state index in [2.05, 4.69) is 32.0 Å². The van der Waals surface area contributed by atoms with Crippen molar-refractivity contribution in [3.8, 4) is 9.88 Å². The molecular weight excluding hydrogens is 282 g/mol. The molecule has 0 atom stereocenters. The summed E-state index contributed by atoms with van der Waals surface area (Å²) in [6.07, 6.45) is 1.76. The standard InChI is InChI=1S/C11H17N5OS2/c1-3-8-10(19-16-13-8)11-15-14-9(18-11)4-5-12-6-7-17-2/h12H,3-7H2,1-2H3. The molecule has 0 fully saturated rings. The molecule has 0 radical (unpaired) electrons. The topological polar surface area (TPSA) is 72.8 Å². The molecule has 0 spiro atoms. The molecule has 0 amide bonds. The molecule has 2 rings (SSSR count). The van der Waals surface area contributed by atoms with Gasteiger partial charge in [0.1, 0.15) is 9.88 Å². The average Bonchev–Trinajstić information content (AvgIpc) is 3.06. The SMILES string of the molecule is CCc1nnsc1-c1nnc(CCNCCOC)s1. The molecule has 2 aromatic heterocycles. The minimum absolute atomic E-state index is 0.730. The van der Waals surface area contributed by atoms with E-state index >= 15 is 0 Å². The molecule has 0 saturated carbocycles. The molecule has 1 N–H and O–H groups in total. The molecule has 104 valence electrons. The van der Waals surface area contributed by atoms with Crippen LogP contribution in [0.25, 0.3) is 9.88 Å². The van der Waals surface area contributed by atoms with E-state index in [4.69, 9.17) is 4.74 Å². The van der Waals surface area contributed by atoms with Crippen LogP contribution in [0.5, 0.6) is 0 Å². The number of nitrogens with one attached hydrogen (secondary N) is 1. The van der Waals surface area contributed by atoms with Crippen molar-refractivity contribution in [2.24, 2.45) is 0 Å². The molecule has 0 aliphatic carbocycles. The van der Waals surface area contributed by atoms with Crippen LogP contribution in [0.3, 0.4) is 0 Å². The highest BCUT2D eigenvalue weighted by Gasteiger charge is 2.13. The molecule has 0 aromatic carbocycles. The molecule has 0 aliphatic rings. The lowest BCUT2D eigenvalue weighted by Crippen LogP contribution is -2.21. The Balaban J connectivity index is 1.88. The third kappa shape index (κ3) is 4.00. The predicted molar refractivity (Wildman–Crippen MR) is 76.6 cm³/mol. The van der Waals surface area contributed by atoms with Gasteiger partial charge >= 0.3 is 0 Å². The normalized spacial score (nSPS) is 11.1. The lowest BCUT2D eigenvalue weighted by atomic mass is 10.3. The Morgan fingerprint density at radius 1 is 1.21 bits per heavy atom. The number of aryl methyl sites for hydroxylation is 1. The van der Waals surface area contributed by atoms with Crippen LogP contribution in [0.1, 0.15) is 17.6 Å². The fraction of sp³-hybridized carbons (Fsp3) is 0.636. The minimum atomic E-state index is 0.730. The summed E-state index contributed by atoms with van der Waals surface area (Å²) in [6, 6.07) is 0. The van der Waals surface area contributed by atoms with Crippen molar-refractivity contribution in [1.29, 1.82) is 0 Å². The third-order valence-corrected chi connectivity index (χ3v) is 4.45. The molecule has 2 aromatic rings. The maximum atomic E-state index is 4.97. The van der Waals surface area contributed by atoms with Gasteiger partial charge in [-0.25, -0.2) is 0 Å². The smallest absolute Gasteiger partial charge is 0.161 e. The van der Waals surface area contributed by atoms with Gasteiger partial charge in [-0.1, -0.05) is 22.7 Å². The highest BCUT2D eigenvalue weighted by atomic mass is 32.1. The van der Waals surface area contributed by atoms with Crippen molar-refractivity contribution in [2.75, 3.05) is 26.8 Å². The van der Waals surface area contributed by atoms with E-state index in [1.807, 2.05) is 0 Å². The molecule has 8 heteroatoms. The molecule has 2 heterocycles. The van der Waals surface area contributed by atoms with E-state index in [1.165, 1.54) is 11.5 Å². The Kier molecular flexibility index (Phi) is 5.77. The lowest BCUT2D eigenvalue weighted by molar-refractivity contribution is 0.199. The molecule has 0 unspecified atom stereocenters. The number of methoxy groups -OCH3 is 1. The van der Waals surface area contributed by atoms with Gasteiger partial charge in [0.25, 0.3) is 0 Å². The lowest BCUT2D eigenvalue weighted by Gasteiger charge is -2.00.